The summed E-state index contributed by atoms with van der Waals surface area (Å²) in [5.74, 6) is -0.492. The fourth-order valence-corrected chi connectivity index (χ4v) is 4.18. The molecule has 0 fully saturated rings. The summed E-state index contributed by atoms with van der Waals surface area (Å²) in [6.07, 6.45) is 1.97. The van der Waals surface area contributed by atoms with E-state index in [0.29, 0.717) is 10.6 Å². The van der Waals surface area contributed by atoms with Gasteiger partial charge in [-0.25, -0.2) is 9.37 Å². The first-order chi connectivity index (χ1) is 9.89. The first kappa shape index (κ1) is 14.5. The fraction of sp³-hybridized carbons (Fsp3) is 0.438. The molecule has 0 spiro atoms. The lowest BCUT2D eigenvalue weighted by Crippen LogP contribution is -2.30. The number of benzene rings is 1. The molecule has 0 amide bonds. The number of nitrogens with one attached hydrogen (secondary N) is 1. The van der Waals surface area contributed by atoms with Gasteiger partial charge in [-0.2, -0.15) is 0 Å². The average Bonchev–Trinajstić information content (AvgIpc) is 2.79. The molecule has 2 aromatic rings. The molecule has 1 heterocycles. The Balaban J connectivity index is 2.06. The van der Waals surface area contributed by atoms with Crippen molar-refractivity contribution < 1.29 is 9.50 Å². The largest absolute Gasteiger partial charge is 0.508 e. The number of phenols is 1. The first-order valence-corrected chi connectivity index (χ1v) is 7.87. The Bertz CT molecular complexity index is 681. The van der Waals surface area contributed by atoms with Crippen LogP contribution in [0.1, 0.15) is 36.9 Å². The van der Waals surface area contributed by atoms with Gasteiger partial charge >= 0.3 is 0 Å². The highest BCUT2D eigenvalue weighted by atomic mass is 32.1. The molecule has 3 rings (SSSR count). The second-order valence-electron chi connectivity index (χ2n) is 6.38. The number of phenolic OH excluding ortho intramolecular Hbond substituents is 1. The highest BCUT2D eigenvalue weighted by molar-refractivity contribution is 7.15. The van der Waals surface area contributed by atoms with E-state index in [4.69, 9.17) is 0 Å². The minimum absolute atomic E-state index is 0.0631. The van der Waals surface area contributed by atoms with Crippen molar-refractivity contribution in [2.24, 2.45) is 5.41 Å². The van der Waals surface area contributed by atoms with Gasteiger partial charge in [-0.05, 0) is 37.4 Å². The summed E-state index contributed by atoms with van der Waals surface area (Å²) in [5, 5.41) is 13.4. The second kappa shape index (κ2) is 5.07. The van der Waals surface area contributed by atoms with Crippen LogP contribution in [0.5, 0.6) is 5.75 Å². The number of hydrogen-bond acceptors (Lipinski definition) is 4. The van der Waals surface area contributed by atoms with Crippen LogP contribution >= 0.6 is 11.3 Å². The van der Waals surface area contributed by atoms with Crippen molar-refractivity contribution in [2.75, 3.05) is 7.05 Å². The zero-order valence-corrected chi connectivity index (χ0v) is 13.2. The fourth-order valence-electron chi connectivity index (χ4n) is 2.96. The summed E-state index contributed by atoms with van der Waals surface area (Å²) in [4.78, 5) is 5.87. The number of fused-ring (bicyclic) bond motifs is 1. The molecule has 5 heteroatoms. The van der Waals surface area contributed by atoms with Gasteiger partial charge in [0.25, 0.3) is 0 Å². The summed E-state index contributed by atoms with van der Waals surface area (Å²) in [7, 11) is 1.95. The molecule has 1 unspecified atom stereocenters. The van der Waals surface area contributed by atoms with Crippen molar-refractivity contribution in [3.8, 4) is 16.3 Å². The van der Waals surface area contributed by atoms with Crippen LogP contribution in [0.25, 0.3) is 10.6 Å². The number of aromatic nitrogens is 1. The Kier molecular flexibility index (Phi) is 3.50. The van der Waals surface area contributed by atoms with Crippen molar-refractivity contribution in [1.29, 1.82) is 0 Å². The number of aromatic hydroxyl groups is 1. The first-order valence-electron chi connectivity index (χ1n) is 7.05. The molecule has 0 saturated carbocycles. The molecule has 112 valence electrons. The number of hydrogen-bond donors (Lipinski definition) is 2. The van der Waals surface area contributed by atoms with Crippen molar-refractivity contribution >= 4 is 11.3 Å². The molecule has 0 aliphatic heterocycles. The van der Waals surface area contributed by atoms with Gasteiger partial charge in [0, 0.05) is 22.5 Å². The maximum atomic E-state index is 14.0. The number of rotatable bonds is 2. The molecule has 21 heavy (non-hydrogen) atoms. The molecular weight excluding hydrogens is 287 g/mol. The van der Waals surface area contributed by atoms with E-state index in [1.165, 1.54) is 10.9 Å². The third-order valence-corrected chi connectivity index (χ3v) is 5.22. The topological polar surface area (TPSA) is 45.2 Å². The quantitative estimate of drug-likeness (QED) is 0.885. The van der Waals surface area contributed by atoms with Crippen LogP contribution in [0, 0.1) is 11.2 Å². The molecule has 1 atom stereocenters. The molecule has 3 nitrogen and oxygen atoms in total. The van der Waals surface area contributed by atoms with Gasteiger partial charge in [-0.3, -0.25) is 0 Å². The van der Waals surface area contributed by atoms with Gasteiger partial charge in [0.2, 0.25) is 0 Å². The predicted octanol–water partition coefficient (Wildman–Crippen LogP) is 3.89. The SMILES string of the molecule is CNC1CC(C)(C)Cc2nc(-c3ccc(O)cc3F)sc21. The highest BCUT2D eigenvalue weighted by Crippen LogP contribution is 2.45. The minimum Gasteiger partial charge on any atom is -0.508 e. The van der Waals surface area contributed by atoms with E-state index in [-0.39, 0.29) is 17.2 Å². The summed E-state index contributed by atoms with van der Waals surface area (Å²) >= 11 is 1.55. The van der Waals surface area contributed by atoms with Gasteiger partial charge < -0.3 is 10.4 Å². The second-order valence-corrected chi connectivity index (χ2v) is 7.41. The summed E-state index contributed by atoms with van der Waals surface area (Å²) in [6, 6.07) is 4.50. The number of thiazole rings is 1. The maximum absolute atomic E-state index is 14.0. The van der Waals surface area contributed by atoms with Crippen molar-refractivity contribution in [3.63, 3.8) is 0 Å². The van der Waals surface area contributed by atoms with Gasteiger partial charge in [0.1, 0.15) is 16.6 Å². The van der Waals surface area contributed by atoms with Gasteiger partial charge in [0.15, 0.2) is 0 Å². The Hall–Kier alpha value is -1.46. The summed E-state index contributed by atoms with van der Waals surface area (Å²) < 4.78 is 14.0. The summed E-state index contributed by atoms with van der Waals surface area (Å²) in [6.45, 7) is 4.47. The molecule has 0 saturated heterocycles. The Morgan fingerprint density at radius 3 is 2.86 bits per heavy atom. The van der Waals surface area contributed by atoms with E-state index >= 15 is 0 Å². The third-order valence-electron chi connectivity index (χ3n) is 3.98. The van der Waals surface area contributed by atoms with E-state index in [1.807, 2.05) is 7.05 Å². The lowest BCUT2D eigenvalue weighted by atomic mass is 9.76. The standard InChI is InChI=1S/C16H19FN2OS/c1-16(2)7-12(18-3)14-13(8-16)19-15(21-14)10-5-4-9(20)6-11(10)17/h4-6,12,18,20H,7-8H2,1-3H3. The molecule has 1 aliphatic carbocycles. The Morgan fingerprint density at radius 2 is 2.19 bits per heavy atom. The van der Waals surface area contributed by atoms with Crippen molar-refractivity contribution in [3.05, 3.63) is 34.6 Å². The molecular formula is C16H19FN2OS. The monoisotopic (exact) mass is 306 g/mol. The Morgan fingerprint density at radius 1 is 1.43 bits per heavy atom. The molecule has 2 N–H and O–H groups in total. The van der Waals surface area contributed by atoms with Crippen molar-refractivity contribution in [1.82, 2.24) is 10.3 Å². The van der Waals surface area contributed by atoms with Crippen LogP contribution in [-0.2, 0) is 6.42 Å². The molecule has 1 aliphatic rings. The molecule has 1 aromatic carbocycles. The normalized spacial score (nSPS) is 20.3. The number of halogens is 1. The van der Waals surface area contributed by atoms with Crippen LogP contribution in [0.15, 0.2) is 18.2 Å². The third kappa shape index (κ3) is 2.68. The summed E-state index contributed by atoms with van der Waals surface area (Å²) in [5.41, 5.74) is 1.72. The van der Waals surface area contributed by atoms with Gasteiger partial charge in [0.05, 0.1) is 5.69 Å². The van der Waals surface area contributed by atoms with Gasteiger partial charge in [-0.15, -0.1) is 11.3 Å². The van der Waals surface area contributed by atoms with Gasteiger partial charge in [-0.1, -0.05) is 13.8 Å². The average molecular weight is 306 g/mol. The van der Waals surface area contributed by atoms with E-state index in [1.54, 1.807) is 17.4 Å². The zero-order chi connectivity index (χ0) is 15.2. The van der Waals surface area contributed by atoms with E-state index in [9.17, 15) is 9.50 Å². The molecule has 1 aromatic heterocycles. The van der Waals surface area contributed by atoms with Crippen LogP contribution in [0.3, 0.4) is 0 Å². The lowest BCUT2D eigenvalue weighted by molar-refractivity contribution is 0.265. The maximum Gasteiger partial charge on any atom is 0.137 e. The predicted molar refractivity (Wildman–Crippen MR) is 83.1 cm³/mol. The van der Waals surface area contributed by atoms with E-state index < -0.39 is 5.82 Å². The van der Waals surface area contributed by atoms with Crippen LogP contribution in [0.4, 0.5) is 4.39 Å². The van der Waals surface area contributed by atoms with Crippen molar-refractivity contribution in [2.45, 2.75) is 32.7 Å². The van der Waals surface area contributed by atoms with E-state index in [2.05, 4.69) is 24.1 Å². The molecule has 0 radical (unpaired) electrons. The van der Waals surface area contributed by atoms with Crippen LogP contribution < -0.4 is 5.32 Å². The lowest BCUT2D eigenvalue weighted by Gasteiger charge is -2.34. The zero-order valence-electron chi connectivity index (χ0n) is 12.4. The van der Waals surface area contributed by atoms with Crippen LogP contribution in [-0.4, -0.2) is 17.1 Å². The smallest absolute Gasteiger partial charge is 0.137 e. The van der Waals surface area contributed by atoms with Crippen LogP contribution in [0.2, 0.25) is 0 Å². The number of nitrogens with zero attached hydrogens (tertiary/aromatic N) is 1. The highest BCUT2D eigenvalue weighted by Gasteiger charge is 2.34. The molecule has 0 bridgehead atoms. The Labute approximate surface area is 127 Å². The van der Waals surface area contributed by atoms with E-state index in [0.717, 1.165) is 24.6 Å². The minimum atomic E-state index is -0.429.